The highest BCUT2D eigenvalue weighted by Crippen LogP contribution is 2.14. The summed E-state index contributed by atoms with van der Waals surface area (Å²) in [7, 11) is 6.55. The number of thiophene rings is 1. The lowest BCUT2D eigenvalue weighted by atomic mass is 10.00. The van der Waals surface area contributed by atoms with Crippen LogP contribution in [0.1, 0.15) is 66.3 Å². The molecule has 2 saturated heterocycles. The van der Waals surface area contributed by atoms with E-state index in [1.54, 1.807) is 6.26 Å². The van der Waals surface area contributed by atoms with Crippen LogP contribution in [-0.2, 0) is 9.47 Å². The van der Waals surface area contributed by atoms with Crippen molar-refractivity contribution in [2.24, 2.45) is 5.92 Å². The molecular formula is C36H62N4O3S. The molecule has 250 valence electrons. The van der Waals surface area contributed by atoms with Crippen LogP contribution in [0.3, 0.4) is 0 Å². The van der Waals surface area contributed by atoms with E-state index in [1.165, 1.54) is 73.3 Å². The monoisotopic (exact) mass is 630 g/mol. The Balaban J connectivity index is 0.000000264. The Kier molecular flexibility index (Phi) is 19.8. The summed E-state index contributed by atoms with van der Waals surface area (Å²) in [6.07, 6.45) is 4.34. The molecule has 1 unspecified atom stereocenters. The molecule has 3 aliphatic rings. The van der Waals surface area contributed by atoms with Gasteiger partial charge in [0.15, 0.2) is 0 Å². The van der Waals surface area contributed by atoms with Gasteiger partial charge in [-0.25, -0.2) is 0 Å². The van der Waals surface area contributed by atoms with Crippen molar-refractivity contribution >= 4 is 11.3 Å². The lowest BCUT2D eigenvalue weighted by molar-refractivity contribution is -0.0144. The molecule has 0 aromatic carbocycles. The number of likely N-dealkylation sites (N-methyl/N-ethyl adjacent to an activating group) is 2. The fourth-order valence-corrected chi connectivity index (χ4v) is 5.09. The number of hydrogen-bond acceptors (Lipinski definition) is 7. The number of ether oxygens (including phenoxy) is 2. The SMILES string of the molecule is CC1=COC(C)O1.CC1CCN(C)CC1.CN1CCN(C)CC1.Cc1ccc(C)[nH]1.Cc1ccc(C)o1.Cc1ccc(C)s1. The fraction of sp³-hybridized carbons (Fsp3) is 0.611. The molecule has 0 aliphatic carbocycles. The van der Waals surface area contributed by atoms with Gasteiger partial charge >= 0.3 is 0 Å². The van der Waals surface area contributed by atoms with Gasteiger partial charge in [-0.05, 0) is 138 Å². The second kappa shape index (κ2) is 22.1. The van der Waals surface area contributed by atoms with E-state index in [9.17, 15) is 0 Å². The maximum Gasteiger partial charge on any atom is 0.237 e. The maximum absolute atomic E-state index is 5.08. The third kappa shape index (κ3) is 20.4. The molecule has 1 N–H and O–H groups in total. The number of rotatable bonds is 0. The van der Waals surface area contributed by atoms with Gasteiger partial charge in [0.2, 0.25) is 6.29 Å². The zero-order valence-electron chi connectivity index (χ0n) is 29.8. The molecule has 44 heavy (non-hydrogen) atoms. The van der Waals surface area contributed by atoms with Gasteiger partial charge in [0.1, 0.15) is 23.5 Å². The Morgan fingerprint density at radius 1 is 0.636 bits per heavy atom. The molecule has 0 bridgehead atoms. The van der Waals surface area contributed by atoms with Gasteiger partial charge in [0, 0.05) is 54.2 Å². The quantitative estimate of drug-likeness (QED) is 0.270. The lowest BCUT2D eigenvalue weighted by Gasteiger charge is -2.28. The van der Waals surface area contributed by atoms with Crippen molar-refractivity contribution in [2.75, 3.05) is 60.4 Å². The number of piperazine rings is 1. The van der Waals surface area contributed by atoms with Crippen LogP contribution in [-0.4, -0.2) is 86.4 Å². The molecule has 1 atom stereocenters. The van der Waals surface area contributed by atoms with Gasteiger partial charge in [0.25, 0.3) is 0 Å². The summed E-state index contributed by atoms with van der Waals surface area (Å²) in [5, 5.41) is 0. The predicted octanol–water partition coefficient (Wildman–Crippen LogP) is 8.35. The Bertz CT molecular complexity index is 971. The zero-order valence-corrected chi connectivity index (χ0v) is 30.6. The van der Waals surface area contributed by atoms with Crippen LogP contribution >= 0.6 is 11.3 Å². The van der Waals surface area contributed by atoms with Gasteiger partial charge in [-0.15, -0.1) is 11.3 Å². The number of hydrogen-bond donors (Lipinski definition) is 1. The Hall–Kier alpha value is -2.52. The minimum Gasteiger partial charge on any atom is -0.467 e. The van der Waals surface area contributed by atoms with Gasteiger partial charge in [0.05, 0.1) is 0 Å². The number of likely N-dealkylation sites (tertiary alicyclic amines) is 1. The lowest BCUT2D eigenvalue weighted by Crippen LogP contribution is -2.42. The summed E-state index contributed by atoms with van der Waals surface area (Å²) >= 11 is 1.84. The molecule has 8 heteroatoms. The summed E-state index contributed by atoms with van der Waals surface area (Å²) in [5.74, 6) is 3.80. The average Bonchev–Trinajstić information content (AvgIpc) is 3.75. The van der Waals surface area contributed by atoms with Crippen LogP contribution in [0.25, 0.3) is 0 Å². The maximum atomic E-state index is 5.08. The first kappa shape index (κ1) is 39.5. The number of nitrogens with one attached hydrogen (secondary N) is 1. The molecule has 0 saturated carbocycles. The normalized spacial score (nSPS) is 18.5. The first-order chi connectivity index (χ1) is 20.7. The van der Waals surface area contributed by atoms with E-state index < -0.39 is 0 Å². The highest BCUT2D eigenvalue weighted by Gasteiger charge is 2.11. The minimum absolute atomic E-state index is 0.0694. The second-order valence-electron chi connectivity index (χ2n) is 12.3. The molecule has 3 aromatic rings. The second-order valence-corrected chi connectivity index (χ2v) is 13.8. The van der Waals surface area contributed by atoms with Crippen LogP contribution in [0.5, 0.6) is 0 Å². The standard InChI is InChI=1S/C7H15N.C6H14N2.C6H9N.C6H8O.C6H8S.C5H8O2/c2*1-7-3-5-8(2)6-4-7;3*1-5-3-4-6(2)7-5;1-4-3-6-5(2)7-4/h7H,3-6H2,1-2H3;3-6H2,1-2H3;3-4,7H,1-2H3;2*3-4H,1-2H3;3,5H,1-2H3. The summed E-state index contributed by atoms with van der Waals surface area (Å²) in [6.45, 7) is 25.8. The smallest absolute Gasteiger partial charge is 0.237 e. The summed E-state index contributed by atoms with van der Waals surface area (Å²) in [5.41, 5.74) is 2.47. The first-order valence-electron chi connectivity index (χ1n) is 16.0. The van der Waals surface area contributed by atoms with E-state index in [2.05, 4.69) is 85.9 Å². The number of nitrogens with zero attached hydrogens (tertiary/aromatic N) is 3. The number of aromatic amines is 1. The minimum atomic E-state index is -0.0694. The molecule has 3 aromatic heterocycles. The molecule has 2 fully saturated rings. The van der Waals surface area contributed by atoms with E-state index in [4.69, 9.17) is 13.9 Å². The molecule has 0 amide bonds. The molecule has 0 spiro atoms. The Labute approximate surface area is 273 Å². The van der Waals surface area contributed by atoms with Crippen molar-refractivity contribution in [2.45, 2.75) is 81.4 Å². The number of aryl methyl sites for hydroxylation is 6. The van der Waals surface area contributed by atoms with Gasteiger partial charge in [-0.2, -0.15) is 0 Å². The number of H-pyrrole nitrogens is 1. The molecule has 6 heterocycles. The number of furan rings is 1. The van der Waals surface area contributed by atoms with E-state index in [0.29, 0.717) is 0 Å². The third-order valence-electron chi connectivity index (χ3n) is 7.24. The van der Waals surface area contributed by atoms with Crippen LogP contribution < -0.4 is 0 Å². The first-order valence-corrected chi connectivity index (χ1v) is 16.8. The summed E-state index contributed by atoms with van der Waals surface area (Å²) in [4.78, 5) is 13.1. The predicted molar refractivity (Wildman–Crippen MR) is 189 cm³/mol. The van der Waals surface area contributed by atoms with Crippen LogP contribution in [0.15, 0.2) is 52.8 Å². The zero-order chi connectivity index (χ0) is 33.1. The highest BCUT2D eigenvalue weighted by molar-refractivity contribution is 7.11. The Morgan fingerprint density at radius 3 is 1.27 bits per heavy atom. The van der Waals surface area contributed by atoms with Crippen molar-refractivity contribution in [3.05, 3.63) is 81.1 Å². The molecule has 3 aliphatic heterocycles. The van der Waals surface area contributed by atoms with Gasteiger partial charge in [-0.1, -0.05) is 6.92 Å². The topological polar surface area (TPSA) is 57.1 Å². The number of aromatic nitrogens is 1. The number of allylic oxidation sites excluding steroid dienone is 1. The summed E-state index contributed by atoms with van der Waals surface area (Å²) < 4.78 is 15.0. The highest BCUT2D eigenvalue weighted by atomic mass is 32.1. The molecular weight excluding hydrogens is 568 g/mol. The van der Waals surface area contributed by atoms with E-state index in [0.717, 1.165) is 23.2 Å². The summed E-state index contributed by atoms with van der Waals surface area (Å²) in [6, 6.07) is 12.3. The van der Waals surface area contributed by atoms with Crippen molar-refractivity contribution in [3.8, 4) is 0 Å². The number of piperidine rings is 1. The largest absolute Gasteiger partial charge is 0.467 e. The van der Waals surface area contributed by atoms with Crippen LogP contribution in [0.2, 0.25) is 0 Å². The molecule has 7 nitrogen and oxygen atoms in total. The van der Waals surface area contributed by atoms with Crippen molar-refractivity contribution in [3.63, 3.8) is 0 Å². The van der Waals surface area contributed by atoms with Gasteiger partial charge in [-0.3, -0.25) is 0 Å². The average molecular weight is 631 g/mol. The van der Waals surface area contributed by atoms with Crippen LogP contribution in [0, 0.1) is 47.5 Å². The van der Waals surface area contributed by atoms with Crippen LogP contribution in [0.4, 0.5) is 0 Å². The van der Waals surface area contributed by atoms with E-state index in [1.807, 2.05) is 65.0 Å². The van der Waals surface area contributed by atoms with Crippen molar-refractivity contribution < 1.29 is 13.9 Å². The van der Waals surface area contributed by atoms with Crippen molar-refractivity contribution in [1.29, 1.82) is 0 Å². The third-order valence-corrected chi connectivity index (χ3v) is 8.15. The fourth-order valence-electron chi connectivity index (χ4n) is 4.31. The van der Waals surface area contributed by atoms with E-state index >= 15 is 0 Å². The van der Waals surface area contributed by atoms with Gasteiger partial charge < -0.3 is 33.6 Å². The van der Waals surface area contributed by atoms with E-state index in [-0.39, 0.29) is 6.29 Å². The molecule has 0 radical (unpaired) electrons. The van der Waals surface area contributed by atoms with Crippen molar-refractivity contribution in [1.82, 2.24) is 19.7 Å². The Morgan fingerprint density at radius 2 is 1.07 bits per heavy atom. The molecule has 6 rings (SSSR count).